The molecule has 110 valence electrons. The van der Waals surface area contributed by atoms with E-state index in [1.165, 1.54) is 0 Å². The molecule has 0 spiro atoms. The average molecular weight is 286 g/mol. The number of aromatic amines is 1. The van der Waals surface area contributed by atoms with Crippen molar-refractivity contribution in [3.8, 4) is 5.75 Å². The van der Waals surface area contributed by atoms with Gasteiger partial charge in [-0.1, -0.05) is 18.2 Å². The largest absolute Gasteiger partial charge is 0.494 e. The van der Waals surface area contributed by atoms with Crippen molar-refractivity contribution in [3.05, 3.63) is 42.0 Å². The van der Waals surface area contributed by atoms with E-state index in [2.05, 4.69) is 20.5 Å². The number of H-pyrrole nitrogens is 1. The Kier molecular flexibility index (Phi) is 4.14. The first-order chi connectivity index (χ1) is 10.3. The molecule has 0 saturated heterocycles. The average Bonchev–Trinajstić information content (AvgIpc) is 3.25. The molecule has 1 aromatic heterocycles. The third-order valence-corrected chi connectivity index (χ3v) is 3.29. The lowest BCUT2D eigenvalue weighted by molar-refractivity contribution is 0.0941. The maximum atomic E-state index is 11.8. The van der Waals surface area contributed by atoms with Crippen LogP contribution < -0.4 is 10.1 Å². The smallest absolute Gasteiger partial charge is 0.290 e. The van der Waals surface area contributed by atoms with Crippen molar-refractivity contribution in [2.45, 2.75) is 25.2 Å². The SMILES string of the molecule is O=C(NCCCOc1ccccc1)c1n[nH]c(C2CC2)n1. The second-order valence-electron chi connectivity index (χ2n) is 5.09. The number of benzene rings is 1. The summed E-state index contributed by atoms with van der Waals surface area (Å²) in [5.41, 5.74) is 0. The van der Waals surface area contributed by atoms with Gasteiger partial charge in [-0.2, -0.15) is 0 Å². The Morgan fingerprint density at radius 1 is 1.33 bits per heavy atom. The quantitative estimate of drug-likeness (QED) is 0.762. The molecule has 0 bridgehead atoms. The third-order valence-electron chi connectivity index (χ3n) is 3.29. The number of hydrogen-bond donors (Lipinski definition) is 2. The van der Waals surface area contributed by atoms with Crippen molar-refractivity contribution in [2.75, 3.05) is 13.2 Å². The maximum Gasteiger partial charge on any atom is 0.290 e. The van der Waals surface area contributed by atoms with Crippen LogP contribution in [0.2, 0.25) is 0 Å². The summed E-state index contributed by atoms with van der Waals surface area (Å²) in [4.78, 5) is 16.0. The molecule has 1 fully saturated rings. The highest BCUT2D eigenvalue weighted by Gasteiger charge is 2.28. The van der Waals surface area contributed by atoms with Gasteiger partial charge in [0, 0.05) is 12.5 Å². The van der Waals surface area contributed by atoms with E-state index in [0.717, 1.165) is 30.8 Å². The number of rotatable bonds is 7. The fourth-order valence-corrected chi connectivity index (χ4v) is 1.98. The van der Waals surface area contributed by atoms with Crippen molar-refractivity contribution < 1.29 is 9.53 Å². The zero-order chi connectivity index (χ0) is 14.5. The Labute approximate surface area is 122 Å². The second kappa shape index (κ2) is 6.39. The molecule has 1 amide bonds. The molecule has 1 heterocycles. The van der Waals surface area contributed by atoms with Gasteiger partial charge >= 0.3 is 0 Å². The van der Waals surface area contributed by atoms with Crippen molar-refractivity contribution in [2.24, 2.45) is 0 Å². The summed E-state index contributed by atoms with van der Waals surface area (Å²) < 4.78 is 5.55. The molecule has 1 aliphatic carbocycles. The summed E-state index contributed by atoms with van der Waals surface area (Å²) in [6.45, 7) is 1.10. The predicted octanol–water partition coefficient (Wildman–Crippen LogP) is 1.88. The van der Waals surface area contributed by atoms with Gasteiger partial charge in [-0.25, -0.2) is 4.98 Å². The van der Waals surface area contributed by atoms with Crippen LogP contribution in [0.5, 0.6) is 5.75 Å². The fourth-order valence-electron chi connectivity index (χ4n) is 1.98. The molecule has 6 nitrogen and oxygen atoms in total. The normalized spacial score (nSPS) is 13.9. The standard InChI is InChI=1S/C15H18N4O2/c20-15(14-17-13(18-19-14)11-7-8-11)16-9-4-10-21-12-5-2-1-3-6-12/h1-3,5-6,11H,4,7-10H2,(H,16,20)(H,17,18,19). The molecule has 0 atom stereocenters. The summed E-state index contributed by atoms with van der Waals surface area (Å²) >= 11 is 0. The van der Waals surface area contributed by atoms with Gasteiger partial charge in [-0.05, 0) is 31.4 Å². The minimum absolute atomic E-state index is 0.223. The molecule has 1 aromatic carbocycles. The van der Waals surface area contributed by atoms with E-state index in [1.54, 1.807) is 0 Å². The molecule has 0 aliphatic heterocycles. The van der Waals surface area contributed by atoms with E-state index in [1.807, 2.05) is 30.3 Å². The molecular formula is C15H18N4O2. The highest BCUT2D eigenvalue weighted by molar-refractivity contribution is 5.90. The van der Waals surface area contributed by atoms with Crippen molar-refractivity contribution in [1.82, 2.24) is 20.5 Å². The molecule has 21 heavy (non-hydrogen) atoms. The molecule has 2 N–H and O–H groups in total. The molecule has 0 radical (unpaired) electrons. The van der Waals surface area contributed by atoms with Crippen LogP contribution in [0.15, 0.2) is 30.3 Å². The minimum Gasteiger partial charge on any atom is -0.494 e. The lowest BCUT2D eigenvalue weighted by atomic mass is 10.3. The van der Waals surface area contributed by atoms with Gasteiger partial charge in [0.2, 0.25) is 5.82 Å². The molecule has 1 saturated carbocycles. The molecule has 6 heteroatoms. The highest BCUT2D eigenvalue weighted by atomic mass is 16.5. The number of para-hydroxylation sites is 1. The lowest BCUT2D eigenvalue weighted by Crippen LogP contribution is -2.26. The van der Waals surface area contributed by atoms with Crippen LogP contribution in [0, 0.1) is 0 Å². The van der Waals surface area contributed by atoms with Gasteiger partial charge in [0.25, 0.3) is 5.91 Å². The van der Waals surface area contributed by atoms with Crippen LogP contribution in [-0.4, -0.2) is 34.2 Å². The van der Waals surface area contributed by atoms with Gasteiger partial charge in [0.1, 0.15) is 11.6 Å². The topological polar surface area (TPSA) is 79.9 Å². The highest BCUT2D eigenvalue weighted by Crippen LogP contribution is 2.37. The number of carbonyl (C=O) groups excluding carboxylic acids is 1. The van der Waals surface area contributed by atoms with E-state index >= 15 is 0 Å². The number of nitrogens with one attached hydrogen (secondary N) is 2. The lowest BCUT2D eigenvalue weighted by Gasteiger charge is -2.06. The first-order valence-corrected chi connectivity index (χ1v) is 7.21. The number of hydrogen-bond acceptors (Lipinski definition) is 4. The zero-order valence-corrected chi connectivity index (χ0v) is 11.7. The molecular weight excluding hydrogens is 268 g/mol. The van der Waals surface area contributed by atoms with Crippen LogP contribution in [0.25, 0.3) is 0 Å². The Morgan fingerprint density at radius 3 is 2.90 bits per heavy atom. The number of aromatic nitrogens is 3. The second-order valence-corrected chi connectivity index (χ2v) is 5.09. The van der Waals surface area contributed by atoms with Crippen molar-refractivity contribution >= 4 is 5.91 Å². The first kappa shape index (κ1) is 13.6. The van der Waals surface area contributed by atoms with Crippen LogP contribution in [0.4, 0.5) is 0 Å². The predicted molar refractivity (Wildman–Crippen MR) is 77.2 cm³/mol. The van der Waals surface area contributed by atoms with E-state index in [4.69, 9.17) is 4.74 Å². The van der Waals surface area contributed by atoms with E-state index < -0.39 is 0 Å². The van der Waals surface area contributed by atoms with E-state index in [-0.39, 0.29) is 11.7 Å². The van der Waals surface area contributed by atoms with Gasteiger partial charge in [0.05, 0.1) is 6.61 Å². The van der Waals surface area contributed by atoms with Crippen LogP contribution in [0.3, 0.4) is 0 Å². The molecule has 3 rings (SSSR count). The summed E-state index contributed by atoms with van der Waals surface area (Å²) in [5, 5.41) is 9.56. The van der Waals surface area contributed by atoms with Crippen LogP contribution in [-0.2, 0) is 0 Å². The van der Waals surface area contributed by atoms with Crippen LogP contribution in [0.1, 0.15) is 41.6 Å². The van der Waals surface area contributed by atoms with Crippen LogP contribution >= 0.6 is 0 Å². The summed E-state index contributed by atoms with van der Waals surface area (Å²) in [6.07, 6.45) is 3.00. The van der Waals surface area contributed by atoms with Gasteiger partial charge < -0.3 is 10.1 Å². The minimum atomic E-state index is -0.238. The first-order valence-electron chi connectivity index (χ1n) is 7.21. The van der Waals surface area contributed by atoms with E-state index in [0.29, 0.717) is 19.1 Å². The van der Waals surface area contributed by atoms with Gasteiger partial charge in [0.15, 0.2) is 0 Å². The molecule has 1 aliphatic rings. The number of carbonyl (C=O) groups is 1. The summed E-state index contributed by atoms with van der Waals surface area (Å²) in [5.74, 6) is 2.12. The molecule has 2 aromatic rings. The Morgan fingerprint density at radius 2 is 2.14 bits per heavy atom. The maximum absolute atomic E-state index is 11.8. The Hall–Kier alpha value is -2.37. The van der Waals surface area contributed by atoms with E-state index in [9.17, 15) is 4.79 Å². The zero-order valence-electron chi connectivity index (χ0n) is 11.7. The van der Waals surface area contributed by atoms with Crippen molar-refractivity contribution in [1.29, 1.82) is 0 Å². The fraction of sp³-hybridized carbons (Fsp3) is 0.400. The number of ether oxygens (including phenoxy) is 1. The third kappa shape index (κ3) is 3.81. The van der Waals surface area contributed by atoms with Gasteiger partial charge in [-0.15, -0.1) is 5.10 Å². The van der Waals surface area contributed by atoms with Crippen molar-refractivity contribution in [3.63, 3.8) is 0 Å². The number of nitrogens with zero attached hydrogens (tertiary/aromatic N) is 2. The summed E-state index contributed by atoms with van der Waals surface area (Å²) in [7, 11) is 0. The Bertz CT molecular complexity index is 593. The van der Waals surface area contributed by atoms with Gasteiger partial charge in [-0.3, -0.25) is 9.89 Å². The monoisotopic (exact) mass is 286 g/mol. The Balaban J connectivity index is 1.35. The summed E-state index contributed by atoms with van der Waals surface area (Å²) in [6, 6.07) is 9.62. The number of amides is 1. The molecule has 0 unspecified atom stereocenters.